The number of nitrogens with one attached hydrogen (secondary N) is 1. The summed E-state index contributed by atoms with van der Waals surface area (Å²) < 4.78 is 12.7. The van der Waals surface area contributed by atoms with Crippen molar-refractivity contribution in [2.24, 2.45) is 11.8 Å². The lowest BCUT2D eigenvalue weighted by Gasteiger charge is -2.30. The summed E-state index contributed by atoms with van der Waals surface area (Å²) in [6.45, 7) is 4.78. The van der Waals surface area contributed by atoms with Crippen molar-refractivity contribution >= 4 is 28.6 Å². The summed E-state index contributed by atoms with van der Waals surface area (Å²) in [5.74, 6) is 1.88. The van der Waals surface area contributed by atoms with Crippen molar-refractivity contribution in [3.63, 3.8) is 0 Å². The molecule has 0 aromatic carbocycles. The highest BCUT2D eigenvalue weighted by molar-refractivity contribution is 6.30. The Labute approximate surface area is 225 Å². The fraction of sp³-hybridized carbons (Fsp3) is 0.519. The van der Waals surface area contributed by atoms with Gasteiger partial charge in [0.2, 0.25) is 11.8 Å². The van der Waals surface area contributed by atoms with Crippen molar-refractivity contribution in [1.29, 1.82) is 0 Å². The number of ether oxygens (including phenoxy) is 1. The Kier molecular flexibility index (Phi) is 6.92. The molecule has 2 fully saturated rings. The molecule has 1 aliphatic heterocycles. The molecule has 0 bridgehead atoms. The van der Waals surface area contributed by atoms with Gasteiger partial charge in [-0.15, -0.1) is 0 Å². The zero-order valence-corrected chi connectivity index (χ0v) is 22.4. The maximum Gasteiger partial charge on any atom is 0.439 e. The fourth-order valence-electron chi connectivity index (χ4n) is 5.98. The van der Waals surface area contributed by atoms with Crippen LogP contribution in [0.3, 0.4) is 0 Å². The number of methoxy groups -OCH3 is 1. The van der Waals surface area contributed by atoms with E-state index in [0.29, 0.717) is 28.9 Å². The molecule has 4 aromatic rings. The molecule has 0 amide bonds. The van der Waals surface area contributed by atoms with Gasteiger partial charge in [0.05, 0.1) is 34.4 Å². The van der Waals surface area contributed by atoms with Gasteiger partial charge in [0.1, 0.15) is 5.69 Å². The van der Waals surface area contributed by atoms with Crippen LogP contribution in [0.5, 0.6) is 0 Å². The first kappa shape index (κ1) is 25.1. The number of imidazole rings is 1. The van der Waals surface area contributed by atoms with E-state index in [2.05, 4.69) is 31.5 Å². The number of hydrogen-bond acceptors (Lipinski definition) is 8. The second-order valence-corrected chi connectivity index (χ2v) is 11.1. The van der Waals surface area contributed by atoms with Crippen LogP contribution in [-0.2, 0) is 11.3 Å². The number of hydrogen-bond donors (Lipinski definition) is 1. The van der Waals surface area contributed by atoms with Crippen LogP contribution in [0.1, 0.15) is 45.4 Å². The second kappa shape index (κ2) is 10.5. The highest BCUT2D eigenvalue weighted by atomic mass is 35.5. The summed E-state index contributed by atoms with van der Waals surface area (Å²) in [6, 6.07) is 3.99. The van der Waals surface area contributed by atoms with Gasteiger partial charge in [-0.1, -0.05) is 36.5 Å². The Hall–Kier alpha value is -3.24. The SMILES string of the molecule is COC[C@@H]1CCCN1c1nc2cc(-c3noc(=O)[nH]3)nc(-c3cncc(Cl)c3)c2n1CC1CCC(C)CC1. The van der Waals surface area contributed by atoms with E-state index in [9.17, 15) is 4.79 Å². The van der Waals surface area contributed by atoms with Crippen molar-refractivity contribution in [2.75, 3.05) is 25.2 Å². The Morgan fingerprint density at radius 1 is 1.16 bits per heavy atom. The normalized spacial score (nSPS) is 22.0. The molecule has 11 heteroatoms. The van der Waals surface area contributed by atoms with Gasteiger partial charge in [-0.3, -0.25) is 14.5 Å². The largest absolute Gasteiger partial charge is 0.439 e. The van der Waals surface area contributed by atoms with Gasteiger partial charge in [-0.05, 0) is 49.7 Å². The third-order valence-corrected chi connectivity index (χ3v) is 8.14. The quantitative estimate of drug-likeness (QED) is 0.353. The van der Waals surface area contributed by atoms with E-state index in [1.165, 1.54) is 25.7 Å². The first-order valence-corrected chi connectivity index (χ1v) is 13.7. The van der Waals surface area contributed by atoms with Crippen LogP contribution in [0.2, 0.25) is 5.02 Å². The second-order valence-electron chi connectivity index (χ2n) is 10.7. The molecule has 1 aliphatic carbocycles. The number of nitrogens with zero attached hydrogens (tertiary/aromatic N) is 6. The molecule has 38 heavy (non-hydrogen) atoms. The summed E-state index contributed by atoms with van der Waals surface area (Å²) in [6.07, 6.45) is 10.4. The number of H-pyrrole nitrogens is 1. The standard InChI is InChI=1S/C27H32ClN7O3/c1-16-5-7-17(8-6-16)14-35-24-21(31-26(35)34-9-3-4-20(34)15-37-2)11-22(25-32-27(36)38-33-25)30-23(24)18-10-19(28)13-29-12-18/h10-13,16-17,20H,3-9,14-15H2,1-2H3,(H,32,33,36)/t16?,17?,20-/m0/s1. The number of pyridine rings is 2. The lowest BCUT2D eigenvalue weighted by molar-refractivity contribution is 0.180. The molecular weight excluding hydrogens is 506 g/mol. The molecule has 0 unspecified atom stereocenters. The lowest BCUT2D eigenvalue weighted by atomic mass is 9.83. The van der Waals surface area contributed by atoms with E-state index >= 15 is 0 Å². The molecule has 200 valence electrons. The predicted octanol–water partition coefficient (Wildman–Crippen LogP) is 4.93. The minimum absolute atomic E-state index is 0.254. The van der Waals surface area contributed by atoms with E-state index in [-0.39, 0.29) is 11.9 Å². The highest BCUT2D eigenvalue weighted by Crippen LogP contribution is 2.38. The molecule has 6 rings (SSSR count). The van der Waals surface area contributed by atoms with Crippen molar-refractivity contribution in [1.82, 2.24) is 29.7 Å². The molecule has 0 radical (unpaired) electrons. The molecule has 1 atom stereocenters. The van der Waals surface area contributed by atoms with E-state index < -0.39 is 5.76 Å². The minimum atomic E-state index is -0.634. The van der Waals surface area contributed by atoms with Gasteiger partial charge in [0, 0.05) is 38.2 Å². The summed E-state index contributed by atoms with van der Waals surface area (Å²) in [5.41, 5.74) is 3.64. The summed E-state index contributed by atoms with van der Waals surface area (Å²) in [4.78, 5) is 31.2. The summed E-state index contributed by atoms with van der Waals surface area (Å²) in [5, 5.41) is 4.40. The van der Waals surface area contributed by atoms with Crippen LogP contribution < -0.4 is 10.7 Å². The minimum Gasteiger partial charge on any atom is -0.383 e. The summed E-state index contributed by atoms with van der Waals surface area (Å²) >= 11 is 6.37. The van der Waals surface area contributed by atoms with E-state index in [4.69, 9.17) is 30.8 Å². The molecular formula is C27H32ClN7O3. The number of aromatic amines is 1. The Morgan fingerprint density at radius 3 is 2.74 bits per heavy atom. The maximum atomic E-state index is 11.7. The molecule has 2 aliphatic rings. The highest BCUT2D eigenvalue weighted by Gasteiger charge is 2.32. The third kappa shape index (κ3) is 4.82. The topological polar surface area (TPSA) is 115 Å². The van der Waals surface area contributed by atoms with E-state index in [0.717, 1.165) is 54.4 Å². The average molecular weight is 538 g/mol. The number of rotatable bonds is 7. The van der Waals surface area contributed by atoms with E-state index in [1.54, 1.807) is 19.5 Å². The summed E-state index contributed by atoms with van der Waals surface area (Å²) in [7, 11) is 1.75. The molecule has 0 spiro atoms. The molecule has 1 N–H and O–H groups in total. The van der Waals surface area contributed by atoms with Gasteiger partial charge in [0.15, 0.2) is 0 Å². The van der Waals surface area contributed by atoms with Gasteiger partial charge < -0.3 is 14.2 Å². The Morgan fingerprint density at radius 2 is 2.00 bits per heavy atom. The molecule has 10 nitrogen and oxygen atoms in total. The molecule has 5 heterocycles. The van der Waals surface area contributed by atoms with Gasteiger partial charge in [0.25, 0.3) is 0 Å². The van der Waals surface area contributed by atoms with Crippen LogP contribution in [-0.4, -0.2) is 56.0 Å². The van der Waals surface area contributed by atoms with Crippen LogP contribution >= 0.6 is 11.6 Å². The van der Waals surface area contributed by atoms with Crippen LogP contribution in [0.15, 0.2) is 33.8 Å². The smallest absolute Gasteiger partial charge is 0.383 e. The van der Waals surface area contributed by atoms with Crippen LogP contribution in [0, 0.1) is 11.8 Å². The van der Waals surface area contributed by atoms with Crippen molar-refractivity contribution < 1.29 is 9.26 Å². The zero-order chi connectivity index (χ0) is 26.2. The monoisotopic (exact) mass is 537 g/mol. The van der Waals surface area contributed by atoms with Gasteiger partial charge in [-0.2, -0.15) is 0 Å². The Balaban J connectivity index is 1.57. The maximum absolute atomic E-state index is 11.7. The average Bonchev–Trinajstić information content (AvgIpc) is 3.64. The van der Waals surface area contributed by atoms with Crippen molar-refractivity contribution in [3.8, 4) is 22.8 Å². The van der Waals surface area contributed by atoms with Gasteiger partial charge >= 0.3 is 5.76 Å². The van der Waals surface area contributed by atoms with Crippen molar-refractivity contribution in [3.05, 3.63) is 40.1 Å². The predicted molar refractivity (Wildman–Crippen MR) is 145 cm³/mol. The zero-order valence-electron chi connectivity index (χ0n) is 21.7. The molecule has 1 saturated carbocycles. The van der Waals surface area contributed by atoms with Crippen LogP contribution in [0.25, 0.3) is 33.8 Å². The van der Waals surface area contributed by atoms with Gasteiger partial charge in [-0.25, -0.2) is 14.8 Å². The molecule has 1 saturated heterocycles. The Bertz CT molecular complexity index is 1490. The van der Waals surface area contributed by atoms with Crippen LogP contribution in [0.4, 0.5) is 5.95 Å². The fourth-order valence-corrected chi connectivity index (χ4v) is 6.15. The number of fused-ring (bicyclic) bond motifs is 1. The lowest BCUT2D eigenvalue weighted by Crippen LogP contribution is -2.35. The number of anilines is 1. The third-order valence-electron chi connectivity index (χ3n) is 7.93. The first-order chi connectivity index (χ1) is 18.5. The van der Waals surface area contributed by atoms with Crippen molar-refractivity contribution in [2.45, 2.75) is 58.0 Å². The number of halogens is 1. The number of aromatic nitrogens is 6. The molecule has 4 aromatic heterocycles. The van der Waals surface area contributed by atoms with E-state index in [1.807, 2.05) is 12.1 Å². The first-order valence-electron chi connectivity index (χ1n) is 13.3.